The number of carbonyl (C=O) groups excluding carboxylic acids is 2. The van der Waals surface area contributed by atoms with Gasteiger partial charge in [0.1, 0.15) is 24.6 Å². The molecule has 0 saturated heterocycles. The van der Waals surface area contributed by atoms with Gasteiger partial charge >= 0.3 is 11.8 Å². The van der Waals surface area contributed by atoms with Gasteiger partial charge < -0.3 is 29.1 Å². The monoisotopic (exact) mass is 528 g/mol. The molecule has 38 heavy (non-hydrogen) atoms. The van der Waals surface area contributed by atoms with Crippen LogP contribution < -0.4 is 20.1 Å². The van der Waals surface area contributed by atoms with Crippen LogP contribution in [-0.2, 0) is 22.7 Å². The van der Waals surface area contributed by atoms with Crippen molar-refractivity contribution in [3.05, 3.63) is 59.7 Å². The predicted molar refractivity (Wildman–Crippen MR) is 152 cm³/mol. The maximum atomic E-state index is 12.5. The van der Waals surface area contributed by atoms with Crippen LogP contribution in [0.1, 0.15) is 38.8 Å². The fourth-order valence-electron chi connectivity index (χ4n) is 4.90. The number of rotatable bonds is 16. The van der Waals surface area contributed by atoms with E-state index in [0.29, 0.717) is 13.1 Å². The Labute approximate surface area is 229 Å². The lowest BCUT2D eigenvalue weighted by Gasteiger charge is -2.37. The third kappa shape index (κ3) is 9.03. The van der Waals surface area contributed by atoms with Gasteiger partial charge in [-0.05, 0) is 76.2 Å². The number of methoxy groups -OCH3 is 2. The average Bonchev–Trinajstić information content (AvgIpc) is 2.96. The first-order chi connectivity index (χ1) is 18.3. The second kappa shape index (κ2) is 15.3. The first-order valence-corrected chi connectivity index (χ1v) is 13.8. The number of benzene rings is 2. The van der Waals surface area contributed by atoms with Gasteiger partial charge in [0.2, 0.25) is 0 Å². The summed E-state index contributed by atoms with van der Waals surface area (Å²) < 4.78 is 12.2. The van der Waals surface area contributed by atoms with Gasteiger partial charge in [-0.2, -0.15) is 0 Å². The quantitative estimate of drug-likeness (QED) is 0.259. The first-order valence-electron chi connectivity index (χ1n) is 13.8. The van der Waals surface area contributed by atoms with Gasteiger partial charge in [0, 0.05) is 11.1 Å². The maximum absolute atomic E-state index is 12.5. The van der Waals surface area contributed by atoms with Crippen molar-refractivity contribution in [2.75, 3.05) is 66.6 Å². The molecule has 0 fully saturated rings. The van der Waals surface area contributed by atoms with Crippen LogP contribution in [0, 0.1) is 0 Å². The molecule has 8 heteroatoms. The molecule has 2 amide bonds. The van der Waals surface area contributed by atoms with E-state index in [-0.39, 0.29) is 0 Å². The molecule has 0 heterocycles. The van der Waals surface area contributed by atoms with Gasteiger partial charge in [0.05, 0.1) is 66.6 Å². The summed E-state index contributed by atoms with van der Waals surface area (Å²) in [6, 6.07) is 16.2. The lowest BCUT2D eigenvalue weighted by atomic mass is 10.1. The minimum absolute atomic E-state index is 0.450. The minimum Gasteiger partial charge on any atom is -0.497 e. The number of hydrogen-bond acceptors (Lipinski definition) is 4. The van der Waals surface area contributed by atoms with Gasteiger partial charge in [-0.3, -0.25) is 9.59 Å². The molecule has 0 unspecified atom stereocenters. The van der Waals surface area contributed by atoms with Gasteiger partial charge in [-0.15, -0.1) is 0 Å². The summed E-state index contributed by atoms with van der Waals surface area (Å²) >= 11 is 0. The summed E-state index contributed by atoms with van der Waals surface area (Å²) in [5.41, 5.74) is 2.45. The molecule has 0 saturated carbocycles. The third-order valence-electron chi connectivity index (χ3n) is 7.99. The third-order valence-corrected chi connectivity index (χ3v) is 7.99. The molecule has 0 aliphatic carbocycles. The summed E-state index contributed by atoms with van der Waals surface area (Å²) in [5.74, 6) is 0.544. The van der Waals surface area contributed by atoms with E-state index in [4.69, 9.17) is 9.47 Å². The second-order valence-electron chi connectivity index (χ2n) is 9.92. The lowest BCUT2D eigenvalue weighted by Crippen LogP contribution is -2.53. The van der Waals surface area contributed by atoms with Gasteiger partial charge in [0.15, 0.2) is 0 Å². The Balaban J connectivity index is 1.84. The molecule has 210 valence electrons. The van der Waals surface area contributed by atoms with Crippen LogP contribution in [0.5, 0.6) is 11.5 Å². The Morgan fingerprint density at radius 1 is 0.605 bits per heavy atom. The number of nitrogens with zero attached hydrogens (tertiary/aromatic N) is 2. The summed E-state index contributed by atoms with van der Waals surface area (Å²) in [6.07, 6.45) is 0. The number of hydrogen-bond donors (Lipinski definition) is 2. The maximum Gasteiger partial charge on any atom is 0.309 e. The Morgan fingerprint density at radius 3 is 1.18 bits per heavy atom. The Bertz CT molecular complexity index is 903. The zero-order chi connectivity index (χ0) is 28.0. The predicted octanol–water partition coefficient (Wildman–Crippen LogP) is 3.35. The summed E-state index contributed by atoms with van der Waals surface area (Å²) in [7, 11) is 3.33. The van der Waals surface area contributed by atoms with Crippen molar-refractivity contribution in [3.8, 4) is 11.5 Å². The number of likely N-dealkylation sites (N-methyl/N-ethyl adjacent to an activating group) is 2. The van der Waals surface area contributed by atoms with Crippen LogP contribution in [0.3, 0.4) is 0 Å². The normalized spacial score (nSPS) is 11.6. The highest BCUT2D eigenvalue weighted by atomic mass is 16.5. The number of amides is 2. The van der Waals surface area contributed by atoms with E-state index in [1.54, 1.807) is 14.2 Å². The molecular weight excluding hydrogens is 480 g/mol. The first kappa shape index (κ1) is 31.1. The van der Waals surface area contributed by atoms with Crippen molar-refractivity contribution in [2.24, 2.45) is 0 Å². The molecule has 8 nitrogen and oxygen atoms in total. The van der Waals surface area contributed by atoms with Gasteiger partial charge in [0.25, 0.3) is 0 Å². The van der Waals surface area contributed by atoms with Gasteiger partial charge in [-0.25, -0.2) is 0 Å². The minimum atomic E-state index is -0.569. The Hall–Kier alpha value is -3.10. The van der Waals surface area contributed by atoms with Crippen LogP contribution in [0.2, 0.25) is 0 Å². The highest BCUT2D eigenvalue weighted by Crippen LogP contribution is 2.19. The van der Waals surface area contributed by atoms with Crippen LogP contribution in [0.25, 0.3) is 0 Å². The van der Waals surface area contributed by atoms with Crippen molar-refractivity contribution >= 4 is 11.8 Å². The summed E-state index contributed by atoms with van der Waals surface area (Å²) in [4.78, 5) is 25.0. The molecular formula is C30H48N4O4+2. The van der Waals surface area contributed by atoms with E-state index in [1.165, 1.54) is 11.1 Å². The van der Waals surface area contributed by atoms with Crippen molar-refractivity contribution < 1.29 is 28.0 Å². The Kier molecular flexibility index (Phi) is 12.6. The summed E-state index contributed by atoms with van der Waals surface area (Å²) in [5, 5.41) is 5.67. The SMILES string of the molecule is CC[N+](CC)(CCNC(=O)C(=O)NCC[N+](CC)(CC)Cc1ccc(OC)cc1)Cc1ccc(OC)cc1. The molecule has 0 radical (unpaired) electrons. The number of quaternary nitrogens is 2. The van der Waals surface area contributed by atoms with Crippen molar-refractivity contribution in [1.82, 2.24) is 10.6 Å². The highest BCUT2D eigenvalue weighted by Gasteiger charge is 2.26. The fraction of sp³-hybridized carbons (Fsp3) is 0.533. The lowest BCUT2D eigenvalue weighted by molar-refractivity contribution is -0.936. The molecule has 2 aromatic carbocycles. The molecule has 0 atom stereocenters. The van der Waals surface area contributed by atoms with E-state index in [9.17, 15) is 9.59 Å². The standard InChI is InChI=1S/C30H46N4O4/c1-7-33(8-2,23-25-11-15-27(37-5)16-12-25)21-19-31-29(35)30(36)32-20-22-34(9-3,10-4)24-26-13-17-28(38-6)18-14-26/h11-18H,7-10,19-24H2,1-6H3/p+2. The van der Waals surface area contributed by atoms with Crippen LogP contribution in [0.4, 0.5) is 0 Å². The molecule has 0 aromatic heterocycles. The zero-order valence-electron chi connectivity index (χ0n) is 24.2. The van der Waals surface area contributed by atoms with E-state index in [0.717, 1.165) is 72.8 Å². The summed E-state index contributed by atoms with van der Waals surface area (Å²) in [6.45, 7) is 16.5. The second-order valence-corrected chi connectivity index (χ2v) is 9.92. The smallest absolute Gasteiger partial charge is 0.309 e. The molecule has 2 rings (SSSR count). The Morgan fingerprint density at radius 2 is 0.921 bits per heavy atom. The fourth-order valence-corrected chi connectivity index (χ4v) is 4.90. The topological polar surface area (TPSA) is 76.7 Å². The number of carbonyl (C=O) groups is 2. The molecule has 0 aliphatic heterocycles. The van der Waals surface area contributed by atoms with Crippen LogP contribution in [0.15, 0.2) is 48.5 Å². The largest absolute Gasteiger partial charge is 0.497 e. The van der Waals surface area contributed by atoms with E-state index < -0.39 is 11.8 Å². The number of nitrogens with one attached hydrogen (secondary N) is 2. The molecule has 0 spiro atoms. The molecule has 2 aromatic rings. The van der Waals surface area contributed by atoms with Crippen molar-refractivity contribution in [3.63, 3.8) is 0 Å². The van der Waals surface area contributed by atoms with Gasteiger partial charge in [-0.1, -0.05) is 0 Å². The van der Waals surface area contributed by atoms with Crippen molar-refractivity contribution in [1.29, 1.82) is 0 Å². The molecule has 0 aliphatic rings. The van der Waals surface area contributed by atoms with Crippen molar-refractivity contribution in [2.45, 2.75) is 40.8 Å². The van der Waals surface area contributed by atoms with E-state index in [2.05, 4.69) is 62.6 Å². The van der Waals surface area contributed by atoms with Crippen LogP contribution >= 0.6 is 0 Å². The average molecular weight is 529 g/mol. The zero-order valence-corrected chi connectivity index (χ0v) is 24.2. The number of ether oxygens (including phenoxy) is 2. The van der Waals surface area contributed by atoms with E-state index >= 15 is 0 Å². The molecule has 2 N–H and O–H groups in total. The van der Waals surface area contributed by atoms with E-state index in [1.807, 2.05) is 24.3 Å². The van der Waals surface area contributed by atoms with Crippen LogP contribution in [-0.4, -0.2) is 87.4 Å². The highest BCUT2D eigenvalue weighted by molar-refractivity contribution is 6.35. The molecule has 0 bridgehead atoms.